The summed E-state index contributed by atoms with van der Waals surface area (Å²) in [5.41, 5.74) is 5.34. The van der Waals surface area contributed by atoms with Crippen LogP contribution in [-0.4, -0.2) is 51.6 Å². The van der Waals surface area contributed by atoms with E-state index >= 15 is 0 Å². The van der Waals surface area contributed by atoms with Gasteiger partial charge in [0.05, 0.1) is 11.8 Å². The van der Waals surface area contributed by atoms with Crippen molar-refractivity contribution in [2.45, 2.75) is 0 Å². The minimum Gasteiger partial charge on any atom is -0.387 e. The molecule has 3 N–H and O–H groups in total. The molecule has 0 atom stereocenters. The molecule has 7 nitrogen and oxygen atoms in total. The Balaban J connectivity index is 2.23. The van der Waals surface area contributed by atoms with E-state index in [0.29, 0.717) is 26.2 Å². The molecule has 0 spiro atoms. The number of nitrogens with one attached hydrogen (secondary N) is 1. The number of hydrogen-bond donors (Lipinski definition) is 2. The molecule has 2 aliphatic heterocycles. The minimum absolute atomic E-state index is 0.0260. The Kier molecular flexibility index (Phi) is 2.68. The number of sulfonamides is 1. The molecule has 0 aromatic rings. The normalized spacial score (nSPS) is 23.9. The van der Waals surface area contributed by atoms with E-state index in [9.17, 15) is 13.2 Å². The quantitative estimate of drug-likeness (QED) is 0.555. The van der Waals surface area contributed by atoms with E-state index in [2.05, 4.69) is 9.71 Å². The fourth-order valence-electron chi connectivity index (χ4n) is 1.58. The lowest BCUT2D eigenvalue weighted by Gasteiger charge is -2.27. The zero-order valence-corrected chi connectivity index (χ0v) is 9.33. The van der Waals surface area contributed by atoms with Gasteiger partial charge >= 0.3 is 0 Å². The predicted octanol–water partition coefficient (Wildman–Crippen LogP) is -2.00. The maximum atomic E-state index is 11.9. The zero-order chi connectivity index (χ0) is 11.8. The van der Waals surface area contributed by atoms with Gasteiger partial charge in [-0.05, 0) is 0 Å². The zero-order valence-electron chi connectivity index (χ0n) is 8.51. The Morgan fingerprint density at radius 3 is 2.56 bits per heavy atom. The van der Waals surface area contributed by atoms with E-state index in [1.807, 2.05) is 0 Å². The van der Waals surface area contributed by atoms with Crippen LogP contribution in [0.15, 0.2) is 15.0 Å². The number of piperazine rings is 1. The van der Waals surface area contributed by atoms with E-state index in [0.717, 1.165) is 6.21 Å². The number of nitrogens with zero attached hydrogens (tertiary/aromatic N) is 2. The van der Waals surface area contributed by atoms with Crippen molar-refractivity contribution in [2.75, 3.05) is 26.2 Å². The summed E-state index contributed by atoms with van der Waals surface area (Å²) in [6, 6.07) is 0. The summed E-state index contributed by atoms with van der Waals surface area (Å²) in [5, 5.41) is 2.65. The van der Waals surface area contributed by atoms with Crippen LogP contribution in [0.4, 0.5) is 0 Å². The van der Waals surface area contributed by atoms with Crippen molar-refractivity contribution < 1.29 is 13.2 Å². The Morgan fingerprint density at radius 2 is 2.06 bits per heavy atom. The van der Waals surface area contributed by atoms with Gasteiger partial charge in [-0.1, -0.05) is 0 Å². The third-order valence-corrected chi connectivity index (χ3v) is 3.66. The van der Waals surface area contributed by atoms with Crippen molar-refractivity contribution in [3.63, 3.8) is 0 Å². The molecule has 2 heterocycles. The minimum atomic E-state index is -3.79. The highest BCUT2D eigenvalue weighted by molar-refractivity contribution is 7.94. The van der Waals surface area contributed by atoms with Crippen LogP contribution >= 0.6 is 0 Å². The molecule has 0 radical (unpaired) electrons. The van der Waals surface area contributed by atoms with Crippen molar-refractivity contribution in [1.29, 1.82) is 0 Å². The molecule has 0 aromatic heterocycles. The van der Waals surface area contributed by atoms with Crippen molar-refractivity contribution in [2.24, 2.45) is 10.1 Å². The van der Waals surface area contributed by atoms with Crippen LogP contribution in [0.25, 0.3) is 0 Å². The molecule has 1 amide bonds. The second kappa shape index (κ2) is 3.87. The van der Waals surface area contributed by atoms with Gasteiger partial charge in [-0.15, -0.1) is 0 Å². The molecule has 0 bridgehead atoms. The molecule has 2 aliphatic rings. The Morgan fingerprint density at radius 1 is 1.44 bits per heavy atom. The number of carbonyl (C=O) groups excluding carboxylic acids is 1. The third-order valence-electron chi connectivity index (χ3n) is 2.50. The molecule has 88 valence electrons. The van der Waals surface area contributed by atoms with Gasteiger partial charge in [0.25, 0.3) is 15.9 Å². The Bertz CT molecular complexity index is 474. The fourth-order valence-corrected chi connectivity index (χ4v) is 2.36. The monoisotopic (exact) mass is 244 g/mol. The number of nitrogens with two attached hydrogens (primary N) is 1. The van der Waals surface area contributed by atoms with Gasteiger partial charge in [-0.25, -0.2) is 0 Å². The summed E-state index contributed by atoms with van der Waals surface area (Å²) >= 11 is 0. The third kappa shape index (κ3) is 1.81. The highest BCUT2D eigenvalue weighted by atomic mass is 32.2. The van der Waals surface area contributed by atoms with Gasteiger partial charge in [0, 0.05) is 26.2 Å². The van der Waals surface area contributed by atoms with Crippen LogP contribution in [-0.2, 0) is 14.8 Å². The first-order valence-corrected chi connectivity index (χ1v) is 6.26. The van der Waals surface area contributed by atoms with Crippen LogP contribution < -0.4 is 11.1 Å². The molecule has 0 unspecified atom stereocenters. The van der Waals surface area contributed by atoms with E-state index in [-0.39, 0.29) is 11.5 Å². The number of carbonyl (C=O) groups is 1. The van der Waals surface area contributed by atoms with E-state index in [1.54, 1.807) is 4.90 Å². The second-order valence-corrected chi connectivity index (χ2v) is 5.13. The van der Waals surface area contributed by atoms with Crippen LogP contribution in [0.1, 0.15) is 0 Å². The summed E-state index contributed by atoms with van der Waals surface area (Å²) in [6.07, 6.45) is 1.02. The Labute approximate surface area is 93.1 Å². The predicted molar refractivity (Wildman–Crippen MR) is 58.1 cm³/mol. The fraction of sp³-hybridized carbons (Fsp3) is 0.500. The lowest BCUT2D eigenvalue weighted by atomic mass is 10.2. The topological polar surface area (TPSA) is 105 Å². The van der Waals surface area contributed by atoms with Crippen LogP contribution in [0.2, 0.25) is 0 Å². The first-order chi connectivity index (χ1) is 7.52. The van der Waals surface area contributed by atoms with Gasteiger partial charge in [-0.3, -0.25) is 4.79 Å². The molecule has 0 aliphatic carbocycles. The van der Waals surface area contributed by atoms with E-state index in [1.165, 1.54) is 0 Å². The summed E-state index contributed by atoms with van der Waals surface area (Å²) in [6.45, 7) is 2.48. The van der Waals surface area contributed by atoms with Crippen LogP contribution in [0, 0.1) is 0 Å². The molecule has 0 aromatic carbocycles. The van der Waals surface area contributed by atoms with Crippen molar-refractivity contribution in [3.05, 3.63) is 10.6 Å². The van der Waals surface area contributed by atoms with Gasteiger partial charge in [0.15, 0.2) is 5.03 Å². The maximum absolute atomic E-state index is 11.9. The van der Waals surface area contributed by atoms with E-state index in [4.69, 9.17) is 5.73 Å². The molecule has 2 rings (SSSR count). The van der Waals surface area contributed by atoms with E-state index < -0.39 is 15.1 Å². The van der Waals surface area contributed by atoms with Crippen molar-refractivity contribution in [3.8, 4) is 0 Å². The molecule has 1 fully saturated rings. The molecular formula is C8H12N4O3S. The highest BCUT2D eigenvalue weighted by Crippen LogP contribution is 2.16. The number of rotatable bonds is 1. The van der Waals surface area contributed by atoms with Crippen molar-refractivity contribution >= 4 is 22.1 Å². The molecule has 1 saturated heterocycles. The first kappa shape index (κ1) is 11.1. The lowest BCUT2D eigenvalue weighted by Crippen LogP contribution is -2.47. The molecule has 16 heavy (non-hydrogen) atoms. The maximum Gasteiger partial charge on any atom is 0.298 e. The van der Waals surface area contributed by atoms with Crippen LogP contribution in [0.3, 0.4) is 0 Å². The molecule has 0 saturated carbocycles. The smallest absolute Gasteiger partial charge is 0.298 e. The van der Waals surface area contributed by atoms with Gasteiger partial charge in [-0.2, -0.15) is 12.8 Å². The second-order valence-electron chi connectivity index (χ2n) is 3.53. The molecular weight excluding hydrogens is 232 g/mol. The highest BCUT2D eigenvalue weighted by Gasteiger charge is 2.30. The Hall–Kier alpha value is -1.41. The van der Waals surface area contributed by atoms with Gasteiger partial charge in [0.1, 0.15) is 0 Å². The summed E-state index contributed by atoms with van der Waals surface area (Å²) < 4.78 is 25.6. The lowest BCUT2D eigenvalue weighted by molar-refractivity contribution is -0.127. The number of hydrogen-bond acceptors (Lipinski definition) is 5. The van der Waals surface area contributed by atoms with Crippen LogP contribution in [0.5, 0.6) is 0 Å². The molecule has 8 heteroatoms. The first-order valence-electron chi connectivity index (χ1n) is 4.82. The average Bonchev–Trinajstić information content (AvgIpc) is 2.55. The number of amides is 1. The SMILES string of the molecule is NC1=C(C(=O)N2CCNCC2)C=NS1(=O)=O. The van der Waals surface area contributed by atoms with Crippen molar-refractivity contribution in [1.82, 2.24) is 10.2 Å². The summed E-state index contributed by atoms with van der Waals surface area (Å²) in [4.78, 5) is 13.5. The van der Waals surface area contributed by atoms with Gasteiger partial charge in [0.2, 0.25) is 0 Å². The standard InChI is InChI=1S/C8H12N4O3S/c9-7-6(5-11-16(7,14)15)8(13)12-3-1-10-2-4-12/h5,10H,1-4,9H2. The largest absolute Gasteiger partial charge is 0.387 e. The summed E-state index contributed by atoms with van der Waals surface area (Å²) in [5.74, 6) is -0.371. The van der Waals surface area contributed by atoms with Gasteiger partial charge < -0.3 is 16.0 Å². The average molecular weight is 244 g/mol. The summed E-state index contributed by atoms with van der Waals surface area (Å²) in [7, 11) is -3.79.